The lowest BCUT2D eigenvalue weighted by atomic mass is 10.2. The number of nitrogens with zero attached hydrogens (tertiary/aromatic N) is 1. The molecule has 17 heavy (non-hydrogen) atoms. The molecule has 0 saturated heterocycles. The van der Waals surface area contributed by atoms with Gasteiger partial charge in [-0.15, -0.1) is 0 Å². The summed E-state index contributed by atoms with van der Waals surface area (Å²) >= 11 is 4.66. The standard InChI is InChI=1S/C13H13I2NO/c1-2-3-7-17-13-11(15)8-10(14)9-5-4-6-16-12(9)13/h4-6,8H,2-3,7H2,1H3. The van der Waals surface area contributed by atoms with Gasteiger partial charge in [0, 0.05) is 15.2 Å². The van der Waals surface area contributed by atoms with Crippen LogP contribution in [0.25, 0.3) is 10.9 Å². The SMILES string of the molecule is CCCCOc1c(I)cc(I)c2cccnc12. The Morgan fingerprint density at radius 3 is 2.88 bits per heavy atom. The third kappa shape index (κ3) is 3.01. The molecule has 0 unspecified atom stereocenters. The van der Waals surface area contributed by atoms with Gasteiger partial charge in [0.15, 0.2) is 5.75 Å². The molecule has 0 N–H and O–H groups in total. The van der Waals surface area contributed by atoms with Crippen LogP contribution in [0.4, 0.5) is 0 Å². The minimum atomic E-state index is 0.763. The van der Waals surface area contributed by atoms with Gasteiger partial charge in [0.05, 0.1) is 10.2 Å². The van der Waals surface area contributed by atoms with Gasteiger partial charge in [-0.1, -0.05) is 19.4 Å². The number of halogens is 2. The molecule has 0 fully saturated rings. The first kappa shape index (κ1) is 13.3. The minimum Gasteiger partial charge on any atom is -0.490 e. The zero-order chi connectivity index (χ0) is 12.3. The third-order valence-corrected chi connectivity index (χ3v) is 4.19. The molecule has 0 aliphatic heterocycles. The van der Waals surface area contributed by atoms with Crippen LogP contribution in [0, 0.1) is 7.14 Å². The average molecular weight is 453 g/mol. The fourth-order valence-corrected chi connectivity index (χ4v) is 3.67. The molecule has 0 amide bonds. The molecule has 0 spiro atoms. The lowest BCUT2D eigenvalue weighted by Crippen LogP contribution is -2.00. The molecular weight excluding hydrogens is 440 g/mol. The molecule has 2 aromatic rings. The number of hydrogen-bond donors (Lipinski definition) is 0. The van der Waals surface area contributed by atoms with Gasteiger partial charge in [-0.3, -0.25) is 4.98 Å². The van der Waals surface area contributed by atoms with Gasteiger partial charge in [-0.25, -0.2) is 0 Å². The summed E-state index contributed by atoms with van der Waals surface area (Å²) in [5, 5.41) is 1.17. The average Bonchev–Trinajstić information content (AvgIpc) is 2.33. The van der Waals surface area contributed by atoms with Gasteiger partial charge in [0.1, 0.15) is 5.52 Å². The topological polar surface area (TPSA) is 22.1 Å². The molecular formula is C13H13I2NO. The predicted octanol–water partition coefficient (Wildman–Crippen LogP) is 4.62. The number of benzene rings is 1. The van der Waals surface area contributed by atoms with Crippen molar-refractivity contribution in [2.24, 2.45) is 0 Å². The van der Waals surface area contributed by atoms with Gasteiger partial charge >= 0.3 is 0 Å². The summed E-state index contributed by atoms with van der Waals surface area (Å²) in [6.07, 6.45) is 4.05. The zero-order valence-corrected chi connectivity index (χ0v) is 13.9. The molecule has 0 bridgehead atoms. The molecule has 1 aromatic carbocycles. The van der Waals surface area contributed by atoms with Crippen LogP contribution in [0.5, 0.6) is 5.75 Å². The van der Waals surface area contributed by atoms with Crippen LogP contribution in [-0.4, -0.2) is 11.6 Å². The number of fused-ring (bicyclic) bond motifs is 1. The van der Waals surface area contributed by atoms with Crippen LogP contribution < -0.4 is 4.74 Å². The maximum atomic E-state index is 5.87. The Kier molecular flexibility index (Phi) is 4.84. The van der Waals surface area contributed by atoms with E-state index in [0.717, 1.165) is 34.3 Å². The summed E-state index contributed by atoms with van der Waals surface area (Å²) in [5.41, 5.74) is 0.972. The van der Waals surface area contributed by atoms with Crippen molar-refractivity contribution in [3.63, 3.8) is 0 Å². The first-order chi connectivity index (χ1) is 8.24. The van der Waals surface area contributed by atoms with Crippen LogP contribution in [0.3, 0.4) is 0 Å². The Hall–Kier alpha value is -0.110. The fourth-order valence-electron chi connectivity index (χ4n) is 1.60. The van der Waals surface area contributed by atoms with E-state index in [1.807, 2.05) is 12.3 Å². The Bertz CT molecular complexity index is 528. The number of hydrogen-bond acceptors (Lipinski definition) is 2. The van der Waals surface area contributed by atoms with Crippen LogP contribution in [-0.2, 0) is 0 Å². The first-order valence-electron chi connectivity index (χ1n) is 5.59. The quantitative estimate of drug-likeness (QED) is 0.498. The second kappa shape index (κ2) is 6.17. The van der Waals surface area contributed by atoms with E-state index in [4.69, 9.17) is 4.74 Å². The van der Waals surface area contributed by atoms with Gasteiger partial charge < -0.3 is 4.74 Å². The van der Waals surface area contributed by atoms with Crippen molar-refractivity contribution in [2.75, 3.05) is 6.61 Å². The fraction of sp³-hybridized carbons (Fsp3) is 0.308. The maximum absolute atomic E-state index is 5.87. The highest BCUT2D eigenvalue weighted by Crippen LogP contribution is 2.32. The van der Waals surface area contributed by atoms with E-state index in [1.165, 1.54) is 8.96 Å². The van der Waals surface area contributed by atoms with E-state index < -0.39 is 0 Å². The van der Waals surface area contributed by atoms with E-state index in [0.29, 0.717) is 0 Å². The van der Waals surface area contributed by atoms with Gasteiger partial charge in [-0.05, 0) is 63.7 Å². The molecule has 0 aliphatic carbocycles. The smallest absolute Gasteiger partial charge is 0.158 e. The van der Waals surface area contributed by atoms with Crippen LogP contribution in [0.2, 0.25) is 0 Å². The number of ether oxygens (including phenoxy) is 1. The Labute approximate surface area is 128 Å². The van der Waals surface area contributed by atoms with Crippen LogP contribution in [0.1, 0.15) is 19.8 Å². The van der Waals surface area contributed by atoms with Gasteiger partial charge in [0.25, 0.3) is 0 Å². The maximum Gasteiger partial charge on any atom is 0.158 e. The third-order valence-electron chi connectivity index (χ3n) is 2.49. The van der Waals surface area contributed by atoms with Crippen molar-refractivity contribution in [1.82, 2.24) is 4.98 Å². The van der Waals surface area contributed by atoms with Gasteiger partial charge in [0.2, 0.25) is 0 Å². The van der Waals surface area contributed by atoms with E-state index in [2.05, 4.69) is 69.2 Å². The van der Waals surface area contributed by atoms with Crippen molar-refractivity contribution >= 4 is 56.1 Å². The normalized spacial score (nSPS) is 10.8. The lowest BCUT2D eigenvalue weighted by Gasteiger charge is -2.11. The summed E-state index contributed by atoms with van der Waals surface area (Å²) in [7, 11) is 0. The number of rotatable bonds is 4. The van der Waals surface area contributed by atoms with Crippen LogP contribution in [0.15, 0.2) is 24.4 Å². The van der Waals surface area contributed by atoms with E-state index in [-0.39, 0.29) is 0 Å². The van der Waals surface area contributed by atoms with Crippen molar-refractivity contribution in [1.29, 1.82) is 0 Å². The number of pyridine rings is 1. The Balaban J connectivity index is 2.46. The summed E-state index contributed by atoms with van der Waals surface area (Å²) in [5.74, 6) is 0.926. The number of unbranched alkanes of at least 4 members (excludes halogenated alkanes) is 1. The molecule has 1 aromatic heterocycles. The van der Waals surface area contributed by atoms with Crippen molar-refractivity contribution < 1.29 is 4.74 Å². The predicted molar refractivity (Wildman–Crippen MR) is 87.6 cm³/mol. The van der Waals surface area contributed by atoms with Crippen molar-refractivity contribution in [3.05, 3.63) is 31.5 Å². The summed E-state index contributed by atoms with van der Waals surface area (Å²) in [6.45, 7) is 2.93. The Morgan fingerprint density at radius 1 is 1.29 bits per heavy atom. The second-order valence-electron chi connectivity index (χ2n) is 3.77. The second-order valence-corrected chi connectivity index (χ2v) is 6.10. The first-order valence-corrected chi connectivity index (χ1v) is 7.75. The summed E-state index contributed by atoms with van der Waals surface area (Å²) < 4.78 is 8.23. The highest BCUT2D eigenvalue weighted by molar-refractivity contribution is 14.1. The Morgan fingerprint density at radius 2 is 2.12 bits per heavy atom. The molecule has 0 atom stereocenters. The zero-order valence-electron chi connectivity index (χ0n) is 9.54. The van der Waals surface area contributed by atoms with E-state index >= 15 is 0 Å². The highest BCUT2D eigenvalue weighted by atomic mass is 127. The molecule has 2 nitrogen and oxygen atoms in total. The highest BCUT2D eigenvalue weighted by Gasteiger charge is 2.11. The monoisotopic (exact) mass is 453 g/mol. The van der Waals surface area contributed by atoms with E-state index in [9.17, 15) is 0 Å². The molecule has 4 heteroatoms. The summed E-state index contributed by atoms with van der Waals surface area (Å²) in [6, 6.07) is 6.20. The molecule has 0 aliphatic rings. The number of aromatic nitrogens is 1. The van der Waals surface area contributed by atoms with E-state index in [1.54, 1.807) is 0 Å². The van der Waals surface area contributed by atoms with Crippen LogP contribution >= 0.6 is 45.2 Å². The largest absolute Gasteiger partial charge is 0.490 e. The molecule has 1 heterocycles. The minimum absolute atomic E-state index is 0.763. The van der Waals surface area contributed by atoms with Gasteiger partial charge in [-0.2, -0.15) is 0 Å². The van der Waals surface area contributed by atoms with Crippen molar-refractivity contribution in [3.8, 4) is 5.75 Å². The lowest BCUT2D eigenvalue weighted by molar-refractivity contribution is 0.310. The summed E-state index contributed by atoms with van der Waals surface area (Å²) in [4.78, 5) is 4.45. The molecule has 0 radical (unpaired) electrons. The molecule has 2 rings (SSSR count). The van der Waals surface area contributed by atoms with Crippen molar-refractivity contribution in [2.45, 2.75) is 19.8 Å². The molecule has 90 valence electrons. The molecule has 0 saturated carbocycles.